The first-order valence-electron chi connectivity index (χ1n) is 2.02. The lowest BCUT2D eigenvalue weighted by Gasteiger charge is -1.93. The maximum Gasteiger partial charge on any atom is 0.0441 e. The standard InChI is InChI=1S/C4H9BrO/c1-4(5)2-3-6/h4,6H,2-3H2,1H3. The fraction of sp³-hybridized carbons (Fsp3) is 1.00. The number of halogens is 1. The Kier molecular flexibility index (Phi) is 3.89. The summed E-state index contributed by atoms with van der Waals surface area (Å²) in [7, 11) is 0. The second-order valence-electron chi connectivity index (χ2n) is 1.29. The van der Waals surface area contributed by atoms with Crippen LogP contribution in [0.4, 0.5) is 0 Å². The van der Waals surface area contributed by atoms with E-state index in [0.717, 1.165) is 6.42 Å². The molecule has 0 heterocycles. The van der Waals surface area contributed by atoms with Crippen molar-refractivity contribution in [3.63, 3.8) is 0 Å². The zero-order valence-electron chi connectivity index (χ0n) is 3.82. The van der Waals surface area contributed by atoms with Gasteiger partial charge in [0.25, 0.3) is 0 Å². The van der Waals surface area contributed by atoms with Crippen molar-refractivity contribution in [3.8, 4) is 0 Å². The summed E-state index contributed by atoms with van der Waals surface area (Å²) in [4.78, 5) is 0.461. The third kappa shape index (κ3) is 4.44. The van der Waals surface area contributed by atoms with Gasteiger partial charge in [0.1, 0.15) is 0 Å². The Morgan fingerprint density at radius 2 is 2.33 bits per heavy atom. The maximum absolute atomic E-state index is 8.21. The molecule has 0 saturated heterocycles. The molecule has 38 valence electrons. The Morgan fingerprint density at radius 3 is 2.33 bits per heavy atom. The molecule has 0 amide bonds. The van der Waals surface area contributed by atoms with E-state index >= 15 is 0 Å². The molecule has 1 N–H and O–H groups in total. The van der Waals surface area contributed by atoms with Crippen molar-refractivity contribution in [1.82, 2.24) is 0 Å². The summed E-state index contributed by atoms with van der Waals surface area (Å²) in [6, 6.07) is 0. The first-order valence-corrected chi connectivity index (χ1v) is 2.94. The first-order chi connectivity index (χ1) is 2.77. The molecule has 1 atom stereocenters. The average Bonchev–Trinajstić information content (AvgIpc) is 1.35. The third-order valence-corrected chi connectivity index (χ3v) is 0.985. The topological polar surface area (TPSA) is 20.2 Å². The minimum atomic E-state index is 0.284. The highest BCUT2D eigenvalue weighted by Crippen LogP contribution is 1.99. The highest BCUT2D eigenvalue weighted by atomic mass is 79.9. The highest BCUT2D eigenvalue weighted by Gasteiger charge is 1.88. The maximum atomic E-state index is 8.21. The largest absolute Gasteiger partial charge is 0.396 e. The van der Waals surface area contributed by atoms with E-state index in [4.69, 9.17) is 5.11 Å². The van der Waals surface area contributed by atoms with E-state index in [9.17, 15) is 0 Å². The van der Waals surface area contributed by atoms with Crippen LogP contribution in [0.3, 0.4) is 0 Å². The van der Waals surface area contributed by atoms with Crippen molar-refractivity contribution >= 4 is 15.9 Å². The van der Waals surface area contributed by atoms with Crippen molar-refractivity contribution in [3.05, 3.63) is 0 Å². The van der Waals surface area contributed by atoms with Crippen LogP contribution in [0.25, 0.3) is 0 Å². The predicted octanol–water partition coefficient (Wildman–Crippen LogP) is 1.15. The molecule has 0 aromatic rings. The Labute approximate surface area is 46.5 Å². The predicted molar refractivity (Wildman–Crippen MR) is 30.1 cm³/mol. The van der Waals surface area contributed by atoms with E-state index in [1.165, 1.54) is 0 Å². The lowest BCUT2D eigenvalue weighted by Crippen LogP contribution is -1.92. The van der Waals surface area contributed by atoms with Crippen molar-refractivity contribution in [1.29, 1.82) is 0 Å². The number of aliphatic hydroxyl groups excluding tert-OH is 1. The van der Waals surface area contributed by atoms with Gasteiger partial charge in [-0.3, -0.25) is 0 Å². The van der Waals surface area contributed by atoms with Gasteiger partial charge in [-0.1, -0.05) is 22.9 Å². The molecule has 0 spiro atoms. The van der Waals surface area contributed by atoms with Gasteiger partial charge in [0.2, 0.25) is 0 Å². The van der Waals surface area contributed by atoms with Crippen LogP contribution in [0.2, 0.25) is 0 Å². The van der Waals surface area contributed by atoms with Crippen LogP contribution >= 0.6 is 15.9 Å². The Morgan fingerprint density at radius 1 is 1.83 bits per heavy atom. The van der Waals surface area contributed by atoms with Gasteiger partial charge in [-0.05, 0) is 6.42 Å². The fourth-order valence-electron chi connectivity index (χ4n) is 0.178. The third-order valence-electron chi connectivity index (χ3n) is 0.527. The summed E-state index contributed by atoms with van der Waals surface area (Å²) in [5.74, 6) is 0. The molecule has 0 aliphatic heterocycles. The molecule has 2 heteroatoms. The smallest absolute Gasteiger partial charge is 0.0441 e. The molecule has 1 nitrogen and oxygen atoms in total. The number of hydrogen-bond donors (Lipinski definition) is 1. The Balaban J connectivity index is 2.63. The zero-order valence-corrected chi connectivity index (χ0v) is 5.40. The van der Waals surface area contributed by atoms with E-state index in [1.807, 2.05) is 6.92 Å². The molecule has 0 bridgehead atoms. The van der Waals surface area contributed by atoms with Crippen LogP contribution in [-0.2, 0) is 0 Å². The minimum absolute atomic E-state index is 0.284. The van der Waals surface area contributed by atoms with E-state index in [-0.39, 0.29) is 6.61 Å². The van der Waals surface area contributed by atoms with Crippen LogP contribution < -0.4 is 0 Å². The quantitative estimate of drug-likeness (QED) is 0.590. The summed E-state index contributed by atoms with van der Waals surface area (Å²) >= 11 is 3.27. The average molecular weight is 153 g/mol. The second kappa shape index (κ2) is 3.62. The molecule has 0 aromatic carbocycles. The molecule has 0 radical (unpaired) electrons. The van der Waals surface area contributed by atoms with Crippen molar-refractivity contribution in [2.45, 2.75) is 18.2 Å². The molecule has 0 saturated carbocycles. The first kappa shape index (κ1) is 6.44. The van der Waals surface area contributed by atoms with E-state index in [2.05, 4.69) is 15.9 Å². The number of aliphatic hydroxyl groups is 1. The lowest BCUT2D eigenvalue weighted by atomic mass is 10.4. The molecule has 0 aliphatic rings. The lowest BCUT2D eigenvalue weighted by molar-refractivity contribution is 0.289. The van der Waals surface area contributed by atoms with Crippen molar-refractivity contribution in [2.24, 2.45) is 0 Å². The molecule has 0 rings (SSSR count). The SMILES string of the molecule is CC(Br)CCO. The normalized spacial score (nSPS) is 14.5. The van der Waals surface area contributed by atoms with E-state index in [0.29, 0.717) is 4.83 Å². The van der Waals surface area contributed by atoms with Crippen LogP contribution in [-0.4, -0.2) is 16.5 Å². The second-order valence-corrected chi connectivity index (χ2v) is 2.86. The molecular weight excluding hydrogens is 144 g/mol. The summed E-state index contributed by atoms with van der Waals surface area (Å²) in [5, 5.41) is 8.21. The summed E-state index contributed by atoms with van der Waals surface area (Å²) < 4.78 is 0. The molecule has 0 aromatic heterocycles. The molecular formula is C4H9BrO. The van der Waals surface area contributed by atoms with Gasteiger partial charge in [0.15, 0.2) is 0 Å². The van der Waals surface area contributed by atoms with Crippen LogP contribution in [0.5, 0.6) is 0 Å². The van der Waals surface area contributed by atoms with E-state index < -0.39 is 0 Å². The Bertz CT molecular complexity index is 28.7. The molecule has 0 fully saturated rings. The summed E-state index contributed by atoms with van der Waals surface area (Å²) in [6.45, 7) is 2.29. The van der Waals surface area contributed by atoms with Gasteiger partial charge in [-0.25, -0.2) is 0 Å². The van der Waals surface area contributed by atoms with Crippen LogP contribution in [0.1, 0.15) is 13.3 Å². The van der Waals surface area contributed by atoms with Gasteiger partial charge in [-0.15, -0.1) is 0 Å². The van der Waals surface area contributed by atoms with Gasteiger partial charge < -0.3 is 5.11 Å². The van der Waals surface area contributed by atoms with Gasteiger partial charge in [0.05, 0.1) is 0 Å². The van der Waals surface area contributed by atoms with Gasteiger partial charge in [-0.2, -0.15) is 0 Å². The molecule has 6 heavy (non-hydrogen) atoms. The van der Waals surface area contributed by atoms with Crippen LogP contribution in [0.15, 0.2) is 0 Å². The summed E-state index contributed by atoms with van der Waals surface area (Å²) in [5.41, 5.74) is 0. The molecule has 0 aliphatic carbocycles. The zero-order chi connectivity index (χ0) is 4.99. The van der Waals surface area contributed by atoms with Crippen molar-refractivity contribution in [2.75, 3.05) is 6.61 Å². The van der Waals surface area contributed by atoms with Gasteiger partial charge >= 0.3 is 0 Å². The van der Waals surface area contributed by atoms with Crippen LogP contribution in [0, 0.1) is 0 Å². The fourth-order valence-corrected chi connectivity index (χ4v) is 0.383. The highest BCUT2D eigenvalue weighted by molar-refractivity contribution is 9.09. The van der Waals surface area contributed by atoms with Crippen molar-refractivity contribution < 1.29 is 5.11 Å². The van der Waals surface area contributed by atoms with E-state index in [1.54, 1.807) is 0 Å². The number of rotatable bonds is 2. The Hall–Kier alpha value is 0.440. The summed E-state index contributed by atoms with van der Waals surface area (Å²) in [6.07, 6.45) is 0.847. The molecule has 1 unspecified atom stereocenters. The number of hydrogen-bond acceptors (Lipinski definition) is 1. The number of alkyl halides is 1. The minimum Gasteiger partial charge on any atom is -0.396 e. The van der Waals surface area contributed by atoms with Gasteiger partial charge in [0, 0.05) is 11.4 Å². The monoisotopic (exact) mass is 152 g/mol.